The summed E-state index contributed by atoms with van der Waals surface area (Å²) in [6, 6.07) is 0.147. The lowest BCUT2D eigenvalue weighted by molar-refractivity contribution is -0.297. The third-order valence-corrected chi connectivity index (χ3v) is 5.47. The highest BCUT2D eigenvalue weighted by Crippen LogP contribution is 2.36. The number of hydrogen-bond acceptors (Lipinski definition) is 9. The number of rotatable bonds is 1. The standard InChI is InChI=1S/C18H23N7O4/c1-10-13-9-19-17-20-14-11(2)25(12-3-7-28-8-4-12)23-16(14)29-18(26,27)5-6-24(22-10)15(13)21-17/h9,12,26-27H,3-8H2,1-2H3,(H,19,20,21). The molecule has 0 radical (unpaired) electrons. The van der Waals surface area contributed by atoms with Gasteiger partial charge in [0.05, 0.1) is 35.8 Å². The highest BCUT2D eigenvalue weighted by atomic mass is 16.8. The predicted molar refractivity (Wildman–Crippen MR) is 102 cm³/mol. The van der Waals surface area contributed by atoms with Gasteiger partial charge in [-0.15, -0.1) is 5.10 Å². The SMILES string of the molecule is Cc1nn2c3nc(ncc13)Nc1c(nn(C3CCOCC3)c1C)OC(O)(O)CC2. The number of nitrogens with zero attached hydrogens (tertiary/aromatic N) is 6. The Kier molecular flexibility index (Phi) is 4.19. The van der Waals surface area contributed by atoms with Crippen LogP contribution in [-0.4, -0.2) is 58.9 Å². The summed E-state index contributed by atoms with van der Waals surface area (Å²) in [4.78, 5) is 8.98. The Balaban J connectivity index is 1.63. The van der Waals surface area contributed by atoms with Gasteiger partial charge in [0.2, 0.25) is 5.95 Å². The average Bonchev–Trinajstić information content (AvgIpc) is 3.17. The van der Waals surface area contributed by atoms with E-state index in [1.54, 1.807) is 10.9 Å². The number of nitrogens with one attached hydrogen (secondary N) is 1. The van der Waals surface area contributed by atoms with Crippen LogP contribution in [-0.2, 0) is 11.3 Å². The lowest BCUT2D eigenvalue weighted by Gasteiger charge is -2.23. The number of anilines is 2. The molecule has 3 aromatic rings. The molecule has 5 rings (SSSR count). The van der Waals surface area contributed by atoms with E-state index in [9.17, 15) is 10.2 Å². The molecular weight excluding hydrogens is 378 g/mol. The largest absolute Gasteiger partial charge is 0.418 e. The summed E-state index contributed by atoms with van der Waals surface area (Å²) in [6.45, 7) is 5.30. The molecule has 5 heterocycles. The number of aliphatic hydroxyl groups is 2. The molecular formula is C18H23N7O4. The van der Waals surface area contributed by atoms with Gasteiger partial charge in [-0.25, -0.2) is 9.67 Å². The Morgan fingerprint density at radius 1 is 1.21 bits per heavy atom. The van der Waals surface area contributed by atoms with Crippen LogP contribution in [0.3, 0.4) is 0 Å². The first-order valence-corrected chi connectivity index (χ1v) is 9.69. The first-order chi connectivity index (χ1) is 13.9. The summed E-state index contributed by atoms with van der Waals surface area (Å²) in [5.41, 5.74) is 2.70. The molecule has 0 aliphatic carbocycles. The van der Waals surface area contributed by atoms with Gasteiger partial charge >= 0.3 is 5.97 Å². The van der Waals surface area contributed by atoms with Gasteiger partial charge in [0, 0.05) is 19.4 Å². The second-order valence-corrected chi connectivity index (χ2v) is 7.51. The average molecular weight is 401 g/mol. The molecule has 154 valence electrons. The maximum Gasteiger partial charge on any atom is 0.325 e. The Bertz CT molecular complexity index is 1070. The Morgan fingerprint density at radius 2 is 2.00 bits per heavy atom. The van der Waals surface area contributed by atoms with Crippen molar-refractivity contribution < 1.29 is 19.7 Å². The van der Waals surface area contributed by atoms with E-state index in [2.05, 4.69) is 25.5 Å². The maximum absolute atomic E-state index is 10.5. The minimum Gasteiger partial charge on any atom is -0.418 e. The summed E-state index contributed by atoms with van der Waals surface area (Å²) in [7, 11) is 0. The van der Waals surface area contributed by atoms with Crippen LogP contribution >= 0.6 is 0 Å². The van der Waals surface area contributed by atoms with E-state index in [4.69, 9.17) is 9.47 Å². The number of aromatic nitrogens is 6. The molecule has 2 bridgehead atoms. The van der Waals surface area contributed by atoms with Gasteiger partial charge in [0.1, 0.15) is 5.69 Å². The van der Waals surface area contributed by atoms with E-state index >= 15 is 0 Å². The minimum absolute atomic E-state index is 0.0957. The smallest absolute Gasteiger partial charge is 0.325 e. The minimum atomic E-state index is -2.41. The Morgan fingerprint density at radius 3 is 2.79 bits per heavy atom. The fourth-order valence-corrected chi connectivity index (χ4v) is 3.89. The fraction of sp³-hybridized carbons (Fsp3) is 0.556. The number of fused-ring (bicyclic) bond motifs is 2. The molecule has 0 spiro atoms. The first-order valence-electron chi connectivity index (χ1n) is 9.69. The van der Waals surface area contributed by atoms with Crippen LogP contribution < -0.4 is 10.1 Å². The fourth-order valence-electron chi connectivity index (χ4n) is 3.89. The second-order valence-electron chi connectivity index (χ2n) is 7.51. The number of aryl methyl sites for hydroxylation is 2. The maximum atomic E-state index is 10.5. The Hall–Kier alpha value is -2.76. The summed E-state index contributed by atoms with van der Waals surface area (Å²) in [5, 5.41) is 33.8. The van der Waals surface area contributed by atoms with E-state index in [1.165, 1.54) is 0 Å². The molecule has 0 unspecified atom stereocenters. The normalized spacial score (nSPS) is 19.4. The van der Waals surface area contributed by atoms with E-state index in [1.807, 2.05) is 18.5 Å². The van der Waals surface area contributed by atoms with Crippen molar-refractivity contribution in [2.45, 2.75) is 51.7 Å². The van der Waals surface area contributed by atoms with Gasteiger partial charge in [-0.05, 0) is 26.7 Å². The molecule has 0 amide bonds. The van der Waals surface area contributed by atoms with Gasteiger partial charge in [0.25, 0.3) is 5.88 Å². The van der Waals surface area contributed by atoms with Crippen LogP contribution in [0.2, 0.25) is 0 Å². The molecule has 29 heavy (non-hydrogen) atoms. The summed E-state index contributed by atoms with van der Waals surface area (Å²) in [6.07, 6.45) is 3.26. The van der Waals surface area contributed by atoms with Gasteiger partial charge in [-0.1, -0.05) is 0 Å². The van der Waals surface area contributed by atoms with Gasteiger partial charge in [-0.3, -0.25) is 4.68 Å². The van der Waals surface area contributed by atoms with Crippen molar-refractivity contribution in [3.05, 3.63) is 17.6 Å². The van der Waals surface area contributed by atoms with E-state index in [0.717, 1.165) is 29.6 Å². The van der Waals surface area contributed by atoms with E-state index in [0.29, 0.717) is 30.5 Å². The molecule has 2 aliphatic heterocycles. The summed E-state index contributed by atoms with van der Waals surface area (Å²) in [5.74, 6) is -1.95. The first kappa shape index (κ1) is 18.3. The predicted octanol–water partition coefficient (Wildman–Crippen LogP) is 1.16. The molecule has 11 nitrogen and oxygen atoms in total. The van der Waals surface area contributed by atoms with Gasteiger partial charge in [-0.2, -0.15) is 10.1 Å². The highest BCUT2D eigenvalue weighted by Gasteiger charge is 2.32. The lowest BCUT2D eigenvalue weighted by atomic mass is 10.1. The molecule has 0 atom stereocenters. The van der Waals surface area contributed by atoms with Crippen LogP contribution in [0.5, 0.6) is 5.88 Å². The van der Waals surface area contributed by atoms with Crippen LogP contribution in [0.15, 0.2) is 6.20 Å². The Labute approximate surface area is 166 Å². The molecule has 11 heteroatoms. The lowest BCUT2D eigenvalue weighted by Crippen LogP contribution is -2.37. The van der Waals surface area contributed by atoms with Gasteiger partial charge in [0.15, 0.2) is 5.65 Å². The van der Waals surface area contributed by atoms with Crippen molar-refractivity contribution in [3.8, 4) is 5.88 Å². The summed E-state index contributed by atoms with van der Waals surface area (Å²) >= 11 is 0. The topological polar surface area (TPSA) is 132 Å². The van der Waals surface area contributed by atoms with Crippen molar-refractivity contribution in [2.24, 2.45) is 0 Å². The number of ether oxygens (including phenoxy) is 2. The number of hydrogen-bond donors (Lipinski definition) is 3. The molecule has 0 saturated carbocycles. The van der Waals surface area contributed by atoms with Crippen molar-refractivity contribution in [3.63, 3.8) is 0 Å². The van der Waals surface area contributed by atoms with E-state index in [-0.39, 0.29) is 24.9 Å². The third-order valence-electron chi connectivity index (χ3n) is 5.47. The molecule has 3 aromatic heterocycles. The van der Waals surface area contributed by atoms with Crippen LogP contribution in [0, 0.1) is 13.8 Å². The third kappa shape index (κ3) is 3.20. The van der Waals surface area contributed by atoms with Crippen LogP contribution in [0.25, 0.3) is 11.0 Å². The van der Waals surface area contributed by atoms with E-state index < -0.39 is 5.97 Å². The molecule has 1 saturated heterocycles. The van der Waals surface area contributed by atoms with Crippen molar-refractivity contribution in [1.82, 2.24) is 29.5 Å². The zero-order valence-electron chi connectivity index (χ0n) is 16.3. The monoisotopic (exact) mass is 401 g/mol. The highest BCUT2D eigenvalue weighted by molar-refractivity contribution is 5.79. The molecule has 2 aliphatic rings. The van der Waals surface area contributed by atoms with Crippen molar-refractivity contribution in [1.29, 1.82) is 0 Å². The van der Waals surface area contributed by atoms with Crippen LogP contribution in [0.4, 0.5) is 11.6 Å². The van der Waals surface area contributed by atoms with Crippen molar-refractivity contribution in [2.75, 3.05) is 18.5 Å². The van der Waals surface area contributed by atoms with Crippen LogP contribution in [0.1, 0.15) is 36.7 Å². The second kappa shape index (κ2) is 6.65. The van der Waals surface area contributed by atoms with Crippen molar-refractivity contribution >= 4 is 22.7 Å². The zero-order valence-corrected chi connectivity index (χ0v) is 16.3. The van der Waals surface area contributed by atoms with Gasteiger partial charge < -0.3 is 25.0 Å². The molecule has 3 N–H and O–H groups in total. The zero-order chi connectivity index (χ0) is 20.2. The molecule has 1 fully saturated rings. The molecule has 0 aromatic carbocycles. The summed E-state index contributed by atoms with van der Waals surface area (Å²) < 4.78 is 14.5. The quantitative estimate of drug-likeness (QED) is 0.514.